The van der Waals surface area contributed by atoms with E-state index in [1.54, 1.807) is 6.07 Å². The van der Waals surface area contributed by atoms with Gasteiger partial charge >= 0.3 is 0 Å². The topological polar surface area (TPSA) is 61.7 Å². The molecule has 0 unspecified atom stereocenters. The van der Waals surface area contributed by atoms with Gasteiger partial charge in [-0.3, -0.25) is 14.7 Å². The standard InChI is InChI=1S/C21H39N5O.HI/c1-7-22-21(24-14-16-25(17(2)3)18(4)5)23-13-8-9-15-26-19(6)11-10-12-20(26)27;/h10-12,17-18H,7-9,13-16H2,1-6H3,(H2,22,23,24);1H. The lowest BCUT2D eigenvalue weighted by Gasteiger charge is -2.30. The van der Waals surface area contributed by atoms with Crippen LogP contribution >= 0.6 is 24.0 Å². The molecule has 1 aromatic rings. The van der Waals surface area contributed by atoms with Crippen molar-refractivity contribution in [1.82, 2.24) is 20.1 Å². The second kappa shape index (κ2) is 14.8. The maximum atomic E-state index is 11.9. The molecule has 6 nitrogen and oxygen atoms in total. The van der Waals surface area contributed by atoms with Crippen molar-refractivity contribution < 1.29 is 0 Å². The first-order valence-corrected chi connectivity index (χ1v) is 10.3. The van der Waals surface area contributed by atoms with E-state index in [9.17, 15) is 4.79 Å². The summed E-state index contributed by atoms with van der Waals surface area (Å²) >= 11 is 0. The van der Waals surface area contributed by atoms with Crippen molar-refractivity contribution >= 4 is 29.9 Å². The Morgan fingerprint density at radius 3 is 2.39 bits per heavy atom. The predicted molar refractivity (Wildman–Crippen MR) is 131 cm³/mol. The van der Waals surface area contributed by atoms with Gasteiger partial charge in [-0.1, -0.05) is 6.07 Å². The highest BCUT2D eigenvalue weighted by Crippen LogP contribution is 2.03. The molecule has 0 aliphatic carbocycles. The van der Waals surface area contributed by atoms with E-state index >= 15 is 0 Å². The van der Waals surface area contributed by atoms with Gasteiger partial charge in [0.05, 0.1) is 0 Å². The van der Waals surface area contributed by atoms with Crippen molar-refractivity contribution in [3.63, 3.8) is 0 Å². The van der Waals surface area contributed by atoms with E-state index in [-0.39, 0.29) is 29.5 Å². The molecule has 7 heteroatoms. The second-order valence-electron chi connectivity index (χ2n) is 7.48. The minimum atomic E-state index is 0. The maximum absolute atomic E-state index is 11.9. The van der Waals surface area contributed by atoms with Crippen molar-refractivity contribution in [2.24, 2.45) is 4.99 Å². The molecule has 162 valence electrons. The Morgan fingerprint density at radius 2 is 1.82 bits per heavy atom. The summed E-state index contributed by atoms with van der Waals surface area (Å²) in [5.74, 6) is 0.873. The normalized spacial score (nSPS) is 11.8. The first-order chi connectivity index (χ1) is 12.9. The zero-order valence-corrected chi connectivity index (χ0v) is 20.8. The molecule has 1 rings (SSSR count). The van der Waals surface area contributed by atoms with Gasteiger partial charge in [-0.05, 0) is 60.5 Å². The first kappa shape index (κ1) is 26.9. The third-order valence-corrected chi connectivity index (χ3v) is 4.66. The Kier molecular flexibility index (Phi) is 14.3. The fraction of sp³-hybridized carbons (Fsp3) is 0.714. The van der Waals surface area contributed by atoms with Crippen LogP contribution < -0.4 is 16.2 Å². The predicted octanol–water partition coefficient (Wildman–Crippen LogP) is 3.23. The molecule has 1 aromatic heterocycles. The Bertz CT molecular complexity index is 619. The highest BCUT2D eigenvalue weighted by molar-refractivity contribution is 14.0. The molecule has 1 heterocycles. The minimum absolute atomic E-state index is 0. The number of aryl methyl sites for hydroxylation is 1. The fourth-order valence-corrected chi connectivity index (χ4v) is 3.24. The Morgan fingerprint density at radius 1 is 1.14 bits per heavy atom. The molecule has 0 fully saturated rings. The summed E-state index contributed by atoms with van der Waals surface area (Å²) in [6.45, 7) is 17.2. The van der Waals surface area contributed by atoms with Gasteiger partial charge in [0.25, 0.3) is 5.56 Å². The molecule has 0 aromatic carbocycles. The second-order valence-corrected chi connectivity index (χ2v) is 7.48. The van der Waals surface area contributed by atoms with E-state index in [4.69, 9.17) is 0 Å². The van der Waals surface area contributed by atoms with Gasteiger partial charge in [0.15, 0.2) is 5.96 Å². The van der Waals surface area contributed by atoms with Crippen molar-refractivity contribution in [1.29, 1.82) is 0 Å². The number of guanidine groups is 1. The molecule has 0 saturated carbocycles. The number of rotatable bonds is 11. The van der Waals surface area contributed by atoms with Crippen LogP contribution in [0.5, 0.6) is 0 Å². The van der Waals surface area contributed by atoms with Gasteiger partial charge in [0, 0.05) is 56.6 Å². The van der Waals surface area contributed by atoms with Crippen molar-refractivity contribution in [2.45, 2.75) is 73.0 Å². The fourth-order valence-electron chi connectivity index (χ4n) is 3.24. The lowest BCUT2D eigenvalue weighted by molar-refractivity contribution is 0.178. The molecule has 0 radical (unpaired) electrons. The smallest absolute Gasteiger partial charge is 0.250 e. The maximum Gasteiger partial charge on any atom is 0.250 e. The summed E-state index contributed by atoms with van der Waals surface area (Å²) in [5, 5.41) is 6.74. The highest BCUT2D eigenvalue weighted by Gasteiger charge is 2.12. The zero-order chi connectivity index (χ0) is 20.2. The summed E-state index contributed by atoms with van der Waals surface area (Å²) in [6, 6.07) is 6.49. The number of nitrogens with one attached hydrogen (secondary N) is 2. The molecule has 0 amide bonds. The molecular formula is C21H40IN5O. The number of nitrogens with zero attached hydrogens (tertiary/aromatic N) is 3. The number of halogens is 1. The Hall–Kier alpha value is -1.09. The van der Waals surface area contributed by atoms with Gasteiger partial charge in [-0.2, -0.15) is 0 Å². The lowest BCUT2D eigenvalue weighted by Crippen LogP contribution is -2.45. The minimum Gasteiger partial charge on any atom is -0.357 e. The van der Waals surface area contributed by atoms with Crippen molar-refractivity contribution in [3.8, 4) is 0 Å². The van der Waals surface area contributed by atoms with Crippen LogP contribution in [0.15, 0.2) is 28.0 Å². The number of aromatic nitrogens is 1. The summed E-state index contributed by atoms with van der Waals surface area (Å²) < 4.78 is 1.83. The average Bonchev–Trinajstić information content (AvgIpc) is 2.59. The van der Waals surface area contributed by atoms with E-state index in [1.807, 2.05) is 23.6 Å². The van der Waals surface area contributed by atoms with Crippen LogP contribution in [0.1, 0.15) is 53.2 Å². The molecule has 0 saturated heterocycles. The summed E-state index contributed by atoms with van der Waals surface area (Å²) in [5.41, 5.74) is 1.09. The average molecular weight is 505 g/mol. The Labute approximate surface area is 188 Å². The molecule has 0 atom stereocenters. The quantitative estimate of drug-likeness (QED) is 0.210. The van der Waals surface area contributed by atoms with Crippen LogP contribution in [0.4, 0.5) is 0 Å². The van der Waals surface area contributed by atoms with Gasteiger partial charge in [-0.15, -0.1) is 24.0 Å². The number of hydrogen-bond acceptors (Lipinski definition) is 3. The number of unbranched alkanes of at least 4 members (excludes halogenated alkanes) is 1. The number of hydrogen-bond donors (Lipinski definition) is 2. The first-order valence-electron chi connectivity index (χ1n) is 10.3. The molecule has 0 aliphatic rings. The SMILES string of the molecule is CCNC(=NCCCCn1c(C)cccc1=O)NCCN(C(C)C)C(C)C.I. The lowest BCUT2D eigenvalue weighted by atomic mass is 10.2. The zero-order valence-electron chi connectivity index (χ0n) is 18.5. The van der Waals surface area contributed by atoms with Gasteiger partial charge in [0.2, 0.25) is 0 Å². The van der Waals surface area contributed by atoms with Crippen molar-refractivity contribution in [3.05, 3.63) is 34.2 Å². The summed E-state index contributed by atoms with van der Waals surface area (Å²) in [7, 11) is 0. The van der Waals surface area contributed by atoms with Gasteiger partial charge in [-0.25, -0.2) is 0 Å². The van der Waals surface area contributed by atoms with Crippen LogP contribution in [0.3, 0.4) is 0 Å². The third kappa shape index (κ3) is 9.91. The van der Waals surface area contributed by atoms with Crippen LogP contribution in [0, 0.1) is 6.92 Å². The van der Waals surface area contributed by atoms with Gasteiger partial charge < -0.3 is 15.2 Å². The largest absolute Gasteiger partial charge is 0.357 e. The molecule has 0 bridgehead atoms. The Balaban J connectivity index is 0.00000729. The van der Waals surface area contributed by atoms with Crippen LogP contribution in [0.2, 0.25) is 0 Å². The number of aliphatic imine (C=N–C) groups is 1. The number of pyridine rings is 1. The van der Waals surface area contributed by atoms with Crippen LogP contribution in [-0.4, -0.2) is 53.7 Å². The van der Waals surface area contributed by atoms with E-state index in [0.29, 0.717) is 12.1 Å². The summed E-state index contributed by atoms with van der Waals surface area (Å²) in [6.07, 6.45) is 1.91. The van der Waals surface area contributed by atoms with E-state index in [2.05, 4.69) is 55.1 Å². The highest BCUT2D eigenvalue weighted by atomic mass is 127. The molecule has 2 N–H and O–H groups in total. The van der Waals surface area contributed by atoms with Gasteiger partial charge in [0.1, 0.15) is 0 Å². The summed E-state index contributed by atoms with van der Waals surface area (Å²) in [4.78, 5) is 19.0. The molecule has 0 spiro atoms. The van der Waals surface area contributed by atoms with E-state index in [0.717, 1.165) is 57.2 Å². The monoisotopic (exact) mass is 505 g/mol. The van der Waals surface area contributed by atoms with Crippen molar-refractivity contribution in [2.75, 3.05) is 26.2 Å². The molecule has 28 heavy (non-hydrogen) atoms. The van der Waals surface area contributed by atoms with E-state index in [1.165, 1.54) is 0 Å². The molecule has 0 aliphatic heterocycles. The van der Waals surface area contributed by atoms with Crippen LogP contribution in [0.25, 0.3) is 0 Å². The third-order valence-electron chi connectivity index (χ3n) is 4.66. The van der Waals surface area contributed by atoms with E-state index < -0.39 is 0 Å². The molecular weight excluding hydrogens is 465 g/mol. The van der Waals surface area contributed by atoms with Crippen LogP contribution in [-0.2, 0) is 6.54 Å².